The van der Waals surface area contributed by atoms with E-state index >= 15 is 0 Å². The van der Waals surface area contributed by atoms with Gasteiger partial charge in [-0.2, -0.15) is 0 Å². The van der Waals surface area contributed by atoms with Gasteiger partial charge in [-0.05, 0) is 50.1 Å². The van der Waals surface area contributed by atoms with E-state index in [1.54, 1.807) is 31.2 Å². The molecule has 0 aromatic heterocycles. The second-order valence-corrected chi connectivity index (χ2v) is 6.39. The van der Waals surface area contributed by atoms with Gasteiger partial charge < -0.3 is 15.0 Å². The Balaban J connectivity index is 1.56. The minimum atomic E-state index is -0.375. The molecular formula is C21H24N2O3. The number of nitrogens with zero attached hydrogens (tertiary/aromatic N) is 1. The molecule has 0 radical (unpaired) electrons. The molecule has 2 aromatic rings. The number of ether oxygens (including phenoxy) is 1. The van der Waals surface area contributed by atoms with Gasteiger partial charge in [-0.1, -0.05) is 24.3 Å². The molecule has 2 aromatic carbocycles. The van der Waals surface area contributed by atoms with Gasteiger partial charge in [0.05, 0.1) is 12.2 Å². The summed E-state index contributed by atoms with van der Waals surface area (Å²) < 4.78 is 5.00. The van der Waals surface area contributed by atoms with Gasteiger partial charge in [0.2, 0.25) is 5.91 Å². The molecule has 1 aliphatic rings. The molecule has 0 saturated carbocycles. The van der Waals surface area contributed by atoms with Gasteiger partial charge >= 0.3 is 5.97 Å². The molecule has 5 heteroatoms. The van der Waals surface area contributed by atoms with Gasteiger partial charge in [-0.3, -0.25) is 4.79 Å². The van der Waals surface area contributed by atoms with Crippen LogP contribution in [-0.4, -0.2) is 31.6 Å². The number of nitrogens with one attached hydrogen (secondary N) is 1. The van der Waals surface area contributed by atoms with Gasteiger partial charge in [0.25, 0.3) is 0 Å². The lowest BCUT2D eigenvalue weighted by Gasteiger charge is -2.33. The quantitative estimate of drug-likeness (QED) is 0.833. The van der Waals surface area contributed by atoms with Crippen molar-refractivity contribution in [2.75, 3.05) is 29.9 Å². The maximum Gasteiger partial charge on any atom is 0.338 e. The number of anilines is 2. The normalized spacial score (nSPS) is 14.7. The highest BCUT2D eigenvalue weighted by Gasteiger charge is 2.25. The standard InChI is InChI=1S/C21H24N2O3/c1-2-26-21(25)17-7-6-8-18(15-17)22-20(24)16-11-13-23(14-12-16)19-9-4-3-5-10-19/h3-10,15-16H,2,11-14H2,1H3,(H,22,24). The van der Waals surface area contributed by atoms with Gasteiger partial charge in [0, 0.05) is 30.4 Å². The van der Waals surface area contributed by atoms with Crippen molar-refractivity contribution in [3.05, 3.63) is 60.2 Å². The van der Waals surface area contributed by atoms with Crippen molar-refractivity contribution in [3.8, 4) is 0 Å². The molecule has 1 N–H and O–H groups in total. The summed E-state index contributed by atoms with van der Waals surface area (Å²) in [6.07, 6.45) is 1.64. The zero-order valence-electron chi connectivity index (χ0n) is 15.0. The molecule has 1 fully saturated rings. The summed E-state index contributed by atoms with van der Waals surface area (Å²) >= 11 is 0. The van der Waals surface area contributed by atoms with E-state index in [0.29, 0.717) is 17.9 Å². The third-order valence-electron chi connectivity index (χ3n) is 4.63. The number of esters is 1. The van der Waals surface area contributed by atoms with Crippen LogP contribution in [0, 0.1) is 5.92 Å². The Morgan fingerprint density at radius 2 is 1.81 bits per heavy atom. The monoisotopic (exact) mass is 352 g/mol. The SMILES string of the molecule is CCOC(=O)c1cccc(NC(=O)C2CCN(c3ccccc3)CC2)c1. The number of carbonyl (C=O) groups excluding carboxylic acids is 2. The zero-order valence-corrected chi connectivity index (χ0v) is 15.0. The third kappa shape index (κ3) is 4.42. The number of hydrogen-bond acceptors (Lipinski definition) is 4. The topological polar surface area (TPSA) is 58.6 Å². The first-order valence-electron chi connectivity index (χ1n) is 9.05. The van der Waals surface area contributed by atoms with Crippen molar-refractivity contribution in [1.29, 1.82) is 0 Å². The highest BCUT2D eigenvalue weighted by atomic mass is 16.5. The highest BCUT2D eigenvalue weighted by molar-refractivity contribution is 5.95. The van der Waals surface area contributed by atoms with E-state index in [-0.39, 0.29) is 17.8 Å². The maximum atomic E-state index is 12.6. The van der Waals surface area contributed by atoms with Crippen LogP contribution in [0.4, 0.5) is 11.4 Å². The van der Waals surface area contributed by atoms with Crippen LogP contribution in [0.25, 0.3) is 0 Å². The van der Waals surface area contributed by atoms with E-state index in [4.69, 9.17) is 4.74 Å². The predicted molar refractivity (Wildman–Crippen MR) is 102 cm³/mol. The summed E-state index contributed by atoms with van der Waals surface area (Å²) in [5.41, 5.74) is 2.28. The van der Waals surface area contributed by atoms with Gasteiger partial charge in [-0.25, -0.2) is 4.79 Å². The first-order chi connectivity index (χ1) is 12.7. The highest BCUT2D eigenvalue weighted by Crippen LogP contribution is 2.24. The van der Waals surface area contributed by atoms with Crippen LogP contribution in [0.3, 0.4) is 0 Å². The maximum absolute atomic E-state index is 12.6. The Morgan fingerprint density at radius 1 is 1.08 bits per heavy atom. The smallest absolute Gasteiger partial charge is 0.338 e. The van der Waals surface area contributed by atoms with E-state index in [9.17, 15) is 9.59 Å². The van der Waals surface area contributed by atoms with Crippen molar-refractivity contribution < 1.29 is 14.3 Å². The fraction of sp³-hybridized carbons (Fsp3) is 0.333. The summed E-state index contributed by atoms with van der Waals surface area (Å²) in [6, 6.07) is 17.2. The molecule has 0 spiro atoms. The van der Waals surface area contributed by atoms with E-state index in [0.717, 1.165) is 25.9 Å². The number of carbonyl (C=O) groups is 2. The largest absolute Gasteiger partial charge is 0.462 e. The average molecular weight is 352 g/mol. The Kier molecular flexibility index (Phi) is 5.89. The van der Waals surface area contributed by atoms with Crippen molar-refractivity contribution >= 4 is 23.3 Å². The Morgan fingerprint density at radius 3 is 2.50 bits per heavy atom. The molecule has 136 valence electrons. The second kappa shape index (κ2) is 8.52. The number of para-hydroxylation sites is 1. The van der Waals surface area contributed by atoms with Crippen molar-refractivity contribution in [2.45, 2.75) is 19.8 Å². The molecule has 3 rings (SSSR count). The molecule has 26 heavy (non-hydrogen) atoms. The van der Waals surface area contributed by atoms with E-state index in [1.165, 1.54) is 5.69 Å². The van der Waals surface area contributed by atoms with Gasteiger partial charge in [0.15, 0.2) is 0 Å². The van der Waals surface area contributed by atoms with Crippen molar-refractivity contribution in [1.82, 2.24) is 0 Å². The van der Waals surface area contributed by atoms with E-state index in [2.05, 4.69) is 22.3 Å². The van der Waals surface area contributed by atoms with Crippen molar-refractivity contribution in [3.63, 3.8) is 0 Å². The molecular weight excluding hydrogens is 328 g/mol. The Bertz CT molecular complexity index is 753. The van der Waals surface area contributed by atoms with Crippen LogP contribution in [-0.2, 0) is 9.53 Å². The first kappa shape index (κ1) is 18.0. The summed E-state index contributed by atoms with van der Waals surface area (Å²) in [5, 5.41) is 2.94. The lowest BCUT2D eigenvalue weighted by molar-refractivity contribution is -0.120. The molecule has 1 aliphatic heterocycles. The number of hydrogen-bond donors (Lipinski definition) is 1. The Hall–Kier alpha value is -2.82. The molecule has 1 saturated heterocycles. The van der Waals surface area contributed by atoms with Crippen LogP contribution in [0.2, 0.25) is 0 Å². The van der Waals surface area contributed by atoms with Gasteiger partial charge in [-0.15, -0.1) is 0 Å². The molecule has 1 amide bonds. The van der Waals surface area contributed by atoms with Gasteiger partial charge in [0.1, 0.15) is 0 Å². The van der Waals surface area contributed by atoms with Crippen LogP contribution in [0.15, 0.2) is 54.6 Å². The fourth-order valence-electron chi connectivity index (χ4n) is 3.22. The third-order valence-corrected chi connectivity index (χ3v) is 4.63. The second-order valence-electron chi connectivity index (χ2n) is 6.39. The molecule has 0 unspecified atom stereocenters. The van der Waals surface area contributed by atoms with Crippen LogP contribution >= 0.6 is 0 Å². The number of piperidine rings is 1. The van der Waals surface area contributed by atoms with Crippen LogP contribution in [0.5, 0.6) is 0 Å². The summed E-state index contributed by atoms with van der Waals surface area (Å²) in [4.78, 5) is 26.7. The number of rotatable bonds is 5. The Labute approximate surface area is 154 Å². The van der Waals surface area contributed by atoms with E-state index < -0.39 is 0 Å². The predicted octanol–water partition coefficient (Wildman–Crippen LogP) is 3.72. The van der Waals surface area contributed by atoms with E-state index in [1.807, 2.05) is 18.2 Å². The lowest BCUT2D eigenvalue weighted by Crippen LogP contribution is -2.38. The molecule has 0 bridgehead atoms. The summed E-state index contributed by atoms with van der Waals surface area (Å²) in [5.74, 6) is -0.375. The van der Waals surface area contributed by atoms with Crippen LogP contribution in [0.1, 0.15) is 30.1 Å². The van der Waals surface area contributed by atoms with Crippen molar-refractivity contribution in [2.24, 2.45) is 5.92 Å². The zero-order chi connectivity index (χ0) is 18.4. The molecule has 0 atom stereocenters. The molecule has 5 nitrogen and oxygen atoms in total. The summed E-state index contributed by atoms with van der Waals surface area (Å²) in [7, 11) is 0. The minimum Gasteiger partial charge on any atom is -0.462 e. The van der Waals surface area contributed by atoms with Crippen LogP contribution < -0.4 is 10.2 Å². The minimum absolute atomic E-state index is 0.0127. The number of benzene rings is 2. The average Bonchev–Trinajstić information content (AvgIpc) is 2.69. The summed E-state index contributed by atoms with van der Waals surface area (Å²) in [6.45, 7) is 3.83. The number of amides is 1. The lowest BCUT2D eigenvalue weighted by atomic mass is 9.95. The fourth-order valence-corrected chi connectivity index (χ4v) is 3.22. The molecule has 0 aliphatic carbocycles. The first-order valence-corrected chi connectivity index (χ1v) is 9.05. The molecule has 1 heterocycles.